The number of nitrogens with zero attached hydrogens (tertiary/aromatic N) is 4. The standard InChI is InChI=1S/C14H13FN6O3S/c15-12-3-9(1-2-18-12)19-14-10(13(17)22)5-21(20-14)11-7-25(23,24)6-8(11)4-16/h1-3,5,8,11H,6-7H2,(H2,17,22)(H,18,19,20)/t8-,11+/m0/s1. The average molecular weight is 364 g/mol. The van der Waals surface area contributed by atoms with E-state index in [0.29, 0.717) is 0 Å². The number of anilines is 2. The maximum absolute atomic E-state index is 13.2. The monoisotopic (exact) mass is 364 g/mol. The Morgan fingerprint density at radius 2 is 2.24 bits per heavy atom. The van der Waals surface area contributed by atoms with Crippen LogP contribution in [-0.2, 0) is 9.84 Å². The van der Waals surface area contributed by atoms with Crippen molar-refractivity contribution in [1.29, 1.82) is 5.26 Å². The summed E-state index contributed by atoms with van der Waals surface area (Å²) in [5.74, 6) is -2.78. The Labute approximate surface area is 142 Å². The van der Waals surface area contributed by atoms with Crippen LogP contribution < -0.4 is 11.1 Å². The summed E-state index contributed by atoms with van der Waals surface area (Å²) < 4.78 is 38.0. The molecule has 0 unspecified atom stereocenters. The van der Waals surface area contributed by atoms with Crippen LogP contribution in [0.4, 0.5) is 15.9 Å². The highest BCUT2D eigenvalue weighted by Crippen LogP contribution is 2.31. The van der Waals surface area contributed by atoms with E-state index in [1.54, 1.807) is 0 Å². The van der Waals surface area contributed by atoms with Crippen molar-refractivity contribution in [2.24, 2.45) is 11.7 Å². The maximum Gasteiger partial charge on any atom is 0.254 e. The third kappa shape index (κ3) is 3.43. The number of halogens is 1. The van der Waals surface area contributed by atoms with E-state index in [9.17, 15) is 17.6 Å². The van der Waals surface area contributed by atoms with Gasteiger partial charge in [0, 0.05) is 24.1 Å². The Bertz CT molecular complexity index is 981. The van der Waals surface area contributed by atoms with Crippen molar-refractivity contribution in [2.45, 2.75) is 6.04 Å². The van der Waals surface area contributed by atoms with Gasteiger partial charge in [0.15, 0.2) is 15.7 Å². The van der Waals surface area contributed by atoms with Crippen molar-refractivity contribution in [2.75, 3.05) is 16.8 Å². The number of amides is 1. The van der Waals surface area contributed by atoms with Crippen LogP contribution in [0.25, 0.3) is 0 Å². The molecule has 0 spiro atoms. The number of sulfone groups is 1. The van der Waals surface area contributed by atoms with Crippen LogP contribution in [0.1, 0.15) is 16.4 Å². The Morgan fingerprint density at radius 1 is 1.48 bits per heavy atom. The lowest BCUT2D eigenvalue weighted by molar-refractivity contribution is 0.100. The predicted octanol–water partition coefficient (Wildman–Crippen LogP) is 0.369. The van der Waals surface area contributed by atoms with Crippen LogP contribution in [0.3, 0.4) is 0 Å². The van der Waals surface area contributed by atoms with Crippen LogP contribution >= 0.6 is 0 Å². The van der Waals surface area contributed by atoms with Gasteiger partial charge in [0.2, 0.25) is 5.95 Å². The topological polar surface area (TPSA) is 144 Å². The number of carbonyl (C=O) groups is 1. The zero-order valence-corrected chi connectivity index (χ0v) is 13.6. The lowest BCUT2D eigenvalue weighted by Crippen LogP contribution is -2.17. The first-order valence-electron chi connectivity index (χ1n) is 7.16. The number of primary amides is 1. The zero-order valence-electron chi connectivity index (χ0n) is 12.8. The van der Waals surface area contributed by atoms with Gasteiger partial charge in [0.05, 0.1) is 29.5 Å². The predicted molar refractivity (Wildman–Crippen MR) is 85.0 cm³/mol. The fraction of sp³-hybridized carbons (Fsp3) is 0.286. The summed E-state index contributed by atoms with van der Waals surface area (Å²) >= 11 is 0. The molecule has 3 rings (SSSR count). The first-order valence-corrected chi connectivity index (χ1v) is 8.99. The first kappa shape index (κ1) is 16.8. The molecule has 0 radical (unpaired) electrons. The minimum absolute atomic E-state index is 0.00166. The summed E-state index contributed by atoms with van der Waals surface area (Å²) in [6, 6.07) is 3.79. The van der Waals surface area contributed by atoms with Crippen molar-refractivity contribution in [3.63, 3.8) is 0 Å². The summed E-state index contributed by atoms with van der Waals surface area (Å²) in [6.07, 6.45) is 2.52. The van der Waals surface area contributed by atoms with E-state index in [1.165, 1.54) is 23.1 Å². The van der Waals surface area contributed by atoms with E-state index in [2.05, 4.69) is 15.4 Å². The molecule has 1 amide bonds. The van der Waals surface area contributed by atoms with Gasteiger partial charge in [-0.2, -0.15) is 14.8 Å². The highest BCUT2D eigenvalue weighted by atomic mass is 32.2. The summed E-state index contributed by atoms with van der Waals surface area (Å²) in [5.41, 5.74) is 5.62. The number of rotatable bonds is 4. The molecule has 130 valence electrons. The van der Waals surface area contributed by atoms with Crippen LogP contribution in [-0.4, -0.2) is 40.6 Å². The molecule has 3 heterocycles. The van der Waals surface area contributed by atoms with Gasteiger partial charge in [-0.05, 0) is 6.07 Å². The van der Waals surface area contributed by atoms with Gasteiger partial charge in [-0.1, -0.05) is 0 Å². The number of nitriles is 1. The van der Waals surface area contributed by atoms with Gasteiger partial charge >= 0.3 is 0 Å². The third-order valence-electron chi connectivity index (χ3n) is 3.81. The summed E-state index contributed by atoms with van der Waals surface area (Å²) in [7, 11) is -3.37. The second-order valence-corrected chi connectivity index (χ2v) is 7.76. The average Bonchev–Trinajstić information content (AvgIpc) is 3.07. The number of carbonyl (C=O) groups excluding carboxylic acids is 1. The lowest BCUT2D eigenvalue weighted by atomic mass is 10.1. The van der Waals surface area contributed by atoms with Crippen molar-refractivity contribution in [3.05, 3.63) is 36.0 Å². The molecule has 0 aliphatic carbocycles. The Morgan fingerprint density at radius 3 is 2.88 bits per heavy atom. The van der Waals surface area contributed by atoms with Gasteiger partial charge in [0.1, 0.15) is 5.56 Å². The molecule has 0 aromatic carbocycles. The molecule has 2 aromatic heterocycles. The van der Waals surface area contributed by atoms with E-state index in [0.717, 1.165) is 6.07 Å². The summed E-state index contributed by atoms with van der Waals surface area (Å²) in [6.45, 7) is 0. The molecule has 1 fully saturated rings. The molecular formula is C14H13FN6O3S. The van der Waals surface area contributed by atoms with Crippen LogP contribution in [0.15, 0.2) is 24.5 Å². The number of pyridine rings is 1. The van der Waals surface area contributed by atoms with Crippen molar-refractivity contribution in [3.8, 4) is 6.07 Å². The Kier molecular flexibility index (Phi) is 4.13. The molecular weight excluding hydrogens is 351 g/mol. The van der Waals surface area contributed by atoms with Gasteiger partial charge in [-0.25, -0.2) is 13.4 Å². The van der Waals surface area contributed by atoms with Crippen molar-refractivity contribution >= 4 is 27.2 Å². The van der Waals surface area contributed by atoms with E-state index in [1.807, 2.05) is 6.07 Å². The molecule has 3 N–H and O–H groups in total. The van der Waals surface area contributed by atoms with Gasteiger partial charge in [-0.3, -0.25) is 9.48 Å². The molecule has 0 bridgehead atoms. The molecule has 1 aliphatic rings. The lowest BCUT2D eigenvalue weighted by Gasteiger charge is -2.11. The van der Waals surface area contributed by atoms with Gasteiger partial charge < -0.3 is 11.1 Å². The van der Waals surface area contributed by atoms with E-state index >= 15 is 0 Å². The molecule has 25 heavy (non-hydrogen) atoms. The van der Waals surface area contributed by atoms with Gasteiger partial charge in [-0.15, -0.1) is 0 Å². The highest BCUT2D eigenvalue weighted by Gasteiger charge is 2.40. The number of hydrogen-bond acceptors (Lipinski definition) is 7. The Balaban J connectivity index is 1.98. The van der Waals surface area contributed by atoms with Gasteiger partial charge in [0.25, 0.3) is 5.91 Å². The number of aromatic nitrogens is 3. The van der Waals surface area contributed by atoms with E-state index in [4.69, 9.17) is 11.0 Å². The van der Waals surface area contributed by atoms with E-state index < -0.39 is 33.7 Å². The smallest absolute Gasteiger partial charge is 0.254 e. The van der Waals surface area contributed by atoms with Crippen LogP contribution in [0, 0.1) is 23.2 Å². The molecule has 1 saturated heterocycles. The Hall–Kier alpha value is -3.00. The molecule has 1 aliphatic heterocycles. The van der Waals surface area contributed by atoms with Crippen molar-refractivity contribution in [1.82, 2.24) is 14.8 Å². The zero-order chi connectivity index (χ0) is 18.2. The quantitative estimate of drug-likeness (QED) is 0.746. The SMILES string of the molecule is N#C[C@H]1CS(=O)(=O)C[C@H]1n1cc(C(N)=O)c(Nc2ccnc(F)c2)n1. The summed E-state index contributed by atoms with van der Waals surface area (Å²) in [4.78, 5) is 15.1. The minimum atomic E-state index is -3.37. The number of hydrogen-bond donors (Lipinski definition) is 2. The molecule has 9 nitrogen and oxygen atoms in total. The van der Waals surface area contributed by atoms with Crippen LogP contribution in [0.5, 0.6) is 0 Å². The molecule has 2 aromatic rings. The minimum Gasteiger partial charge on any atom is -0.365 e. The number of nitrogens with two attached hydrogens (primary N) is 1. The van der Waals surface area contributed by atoms with Crippen molar-refractivity contribution < 1.29 is 17.6 Å². The first-order chi connectivity index (χ1) is 11.8. The summed E-state index contributed by atoms with van der Waals surface area (Å²) in [5, 5.41) is 16.1. The highest BCUT2D eigenvalue weighted by molar-refractivity contribution is 7.91. The second kappa shape index (κ2) is 6.14. The largest absolute Gasteiger partial charge is 0.365 e. The third-order valence-corrected chi connectivity index (χ3v) is 5.53. The maximum atomic E-state index is 13.2. The van der Waals surface area contributed by atoms with Crippen LogP contribution in [0.2, 0.25) is 0 Å². The molecule has 2 atom stereocenters. The fourth-order valence-electron chi connectivity index (χ4n) is 2.66. The fourth-order valence-corrected chi connectivity index (χ4v) is 4.55. The number of nitrogens with one attached hydrogen (secondary N) is 1. The van der Waals surface area contributed by atoms with E-state index in [-0.39, 0.29) is 28.6 Å². The molecule has 11 heteroatoms. The second-order valence-electron chi connectivity index (χ2n) is 5.61. The molecule has 0 saturated carbocycles. The normalized spacial score (nSPS) is 21.6.